The molecule has 19 heavy (non-hydrogen) atoms. The number of aliphatic carboxylic acids is 1. The first-order valence-electron chi connectivity index (χ1n) is 6.15. The highest BCUT2D eigenvalue weighted by atomic mass is 35.5. The van der Waals surface area contributed by atoms with Crippen molar-refractivity contribution in [2.75, 3.05) is 5.32 Å². The van der Waals surface area contributed by atoms with Crippen molar-refractivity contribution < 1.29 is 9.90 Å². The second-order valence-corrected chi connectivity index (χ2v) is 5.79. The summed E-state index contributed by atoms with van der Waals surface area (Å²) in [5.74, 6) is -0.856. The number of carboxylic acid groups (broad SMARTS) is 1. The highest BCUT2D eigenvalue weighted by molar-refractivity contribution is 6.42. The molecule has 4 N–H and O–H groups in total. The number of benzene rings is 1. The van der Waals surface area contributed by atoms with Gasteiger partial charge in [-0.2, -0.15) is 0 Å². The van der Waals surface area contributed by atoms with Crippen LogP contribution in [0.1, 0.15) is 25.7 Å². The minimum Gasteiger partial charge on any atom is -0.480 e. The fraction of sp³-hybridized carbons (Fsp3) is 0.462. The molecule has 1 fully saturated rings. The first-order valence-corrected chi connectivity index (χ1v) is 6.91. The Bertz CT molecular complexity index is 486. The van der Waals surface area contributed by atoms with Crippen molar-refractivity contribution in [3.63, 3.8) is 0 Å². The number of rotatable bonds is 3. The lowest BCUT2D eigenvalue weighted by Gasteiger charge is -2.37. The normalized spacial score (nSPS) is 27.0. The minimum atomic E-state index is -0.965. The predicted octanol–water partition coefficient (Wildman–Crippen LogP) is 3.13. The summed E-state index contributed by atoms with van der Waals surface area (Å²) < 4.78 is 0. The van der Waals surface area contributed by atoms with Gasteiger partial charge in [0.25, 0.3) is 0 Å². The number of nitrogens with one attached hydrogen (secondary N) is 1. The van der Waals surface area contributed by atoms with Crippen molar-refractivity contribution in [3.8, 4) is 0 Å². The molecule has 1 aliphatic carbocycles. The Morgan fingerprint density at radius 2 is 1.95 bits per heavy atom. The summed E-state index contributed by atoms with van der Waals surface area (Å²) in [6, 6.07) is 5.11. The number of hydrogen-bond donors (Lipinski definition) is 3. The molecule has 0 aromatic heterocycles. The molecule has 0 heterocycles. The van der Waals surface area contributed by atoms with Crippen LogP contribution in [0.2, 0.25) is 10.0 Å². The summed E-state index contributed by atoms with van der Waals surface area (Å²) in [4.78, 5) is 11.6. The largest absolute Gasteiger partial charge is 0.480 e. The Morgan fingerprint density at radius 1 is 1.32 bits per heavy atom. The van der Waals surface area contributed by atoms with Crippen LogP contribution >= 0.6 is 23.2 Å². The third kappa shape index (κ3) is 3.14. The van der Waals surface area contributed by atoms with Crippen LogP contribution < -0.4 is 11.1 Å². The van der Waals surface area contributed by atoms with Gasteiger partial charge in [-0.15, -0.1) is 0 Å². The van der Waals surface area contributed by atoms with Crippen LogP contribution in [0.25, 0.3) is 0 Å². The zero-order valence-corrected chi connectivity index (χ0v) is 11.8. The van der Waals surface area contributed by atoms with Crippen molar-refractivity contribution in [2.45, 2.75) is 37.3 Å². The van der Waals surface area contributed by atoms with Gasteiger partial charge in [0, 0.05) is 11.7 Å². The number of carbonyl (C=O) groups is 1. The van der Waals surface area contributed by atoms with Crippen molar-refractivity contribution in [1.82, 2.24) is 0 Å². The summed E-state index contributed by atoms with van der Waals surface area (Å²) in [6.07, 6.45) is 2.40. The van der Waals surface area contributed by atoms with Gasteiger partial charge in [-0.3, -0.25) is 0 Å². The molecule has 0 saturated heterocycles. The van der Waals surface area contributed by atoms with E-state index in [9.17, 15) is 9.90 Å². The molecule has 0 bridgehead atoms. The molecule has 6 heteroatoms. The molecule has 104 valence electrons. The van der Waals surface area contributed by atoms with E-state index in [1.165, 1.54) is 0 Å². The van der Waals surface area contributed by atoms with Gasteiger partial charge in [0.1, 0.15) is 5.54 Å². The fourth-order valence-corrected chi connectivity index (χ4v) is 2.67. The maximum atomic E-state index is 11.6. The van der Waals surface area contributed by atoms with Crippen molar-refractivity contribution >= 4 is 34.9 Å². The molecular formula is C13H16Cl2N2O2. The third-order valence-corrected chi connectivity index (χ3v) is 4.34. The Hall–Kier alpha value is -0.970. The molecule has 0 aliphatic heterocycles. The number of halogens is 2. The van der Waals surface area contributed by atoms with E-state index in [4.69, 9.17) is 28.9 Å². The molecule has 1 aromatic rings. The highest BCUT2D eigenvalue weighted by Gasteiger charge is 2.41. The zero-order chi connectivity index (χ0) is 14.0. The monoisotopic (exact) mass is 302 g/mol. The molecule has 0 atom stereocenters. The maximum absolute atomic E-state index is 11.6. The molecule has 0 spiro atoms. The lowest BCUT2D eigenvalue weighted by Crippen LogP contribution is -2.51. The van der Waals surface area contributed by atoms with E-state index in [1.807, 2.05) is 0 Å². The van der Waals surface area contributed by atoms with Crippen molar-refractivity contribution in [1.29, 1.82) is 0 Å². The summed E-state index contributed by atoms with van der Waals surface area (Å²) in [5, 5.41) is 13.4. The summed E-state index contributed by atoms with van der Waals surface area (Å²) in [6.45, 7) is 0. The van der Waals surface area contributed by atoms with Gasteiger partial charge >= 0.3 is 5.97 Å². The van der Waals surface area contributed by atoms with Crippen LogP contribution in [0.3, 0.4) is 0 Å². The van der Waals surface area contributed by atoms with Crippen LogP contribution in [0.5, 0.6) is 0 Å². The van der Waals surface area contributed by atoms with Gasteiger partial charge in [0.2, 0.25) is 0 Å². The second kappa shape index (κ2) is 5.57. The summed E-state index contributed by atoms with van der Waals surface area (Å²) in [7, 11) is 0. The number of nitrogens with two attached hydrogens (primary N) is 1. The van der Waals surface area contributed by atoms with Gasteiger partial charge in [-0.25, -0.2) is 4.79 Å². The molecule has 0 amide bonds. The minimum absolute atomic E-state index is 0.0862. The third-order valence-electron chi connectivity index (χ3n) is 3.60. The molecule has 2 rings (SSSR count). The van der Waals surface area contributed by atoms with E-state index in [1.54, 1.807) is 18.2 Å². The van der Waals surface area contributed by atoms with E-state index < -0.39 is 11.5 Å². The van der Waals surface area contributed by atoms with Crippen LogP contribution in [-0.2, 0) is 4.79 Å². The first kappa shape index (κ1) is 14.4. The molecule has 4 nitrogen and oxygen atoms in total. The van der Waals surface area contributed by atoms with E-state index >= 15 is 0 Å². The summed E-state index contributed by atoms with van der Waals surface area (Å²) in [5.41, 5.74) is 5.53. The number of carboxylic acids is 1. The fourth-order valence-electron chi connectivity index (χ4n) is 2.38. The molecule has 0 radical (unpaired) electrons. The van der Waals surface area contributed by atoms with E-state index in [0.29, 0.717) is 41.4 Å². The predicted molar refractivity (Wildman–Crippen MR) is 76.9 cm³/mol. The summed E-state index contributed by atoms with van der Waals surface area (Å²) >= 11 is 11.8. The van der Waals surface area contributed by atoms with E-state index in [0.717, 1.165) is 0 Å². The van der Waals surface area contributed by atoms with Gasteiger partial charge in [0.15, 0.2) is 0 Å². The number of hydrogen-bond acceptors (Lipinski definition) is 3. The lowest BCUT2D eigenvalue weighted by molar-refractivity contribution is -0.143. The smallest absolute Gasteiger partial charge is 0.329 e. The molecule has 0 unspecified atom stereocenters. The van der Waals surface area contributed by atoms with Gasteiger partial charge < -0.3 is 16.2 Å². The van der Waals surface area contributed by atoms with Crippen LogP contribution in [0.15, 0.2) is 18.2 Å². The van der Waals surface area contributed by atoms with Crippen LogP contribution in [-0.4, -0.2) is 22.7 Å². The average molecular weight is 303 g/mol. The highest BCUT2D eigenvalue weighted by Crippen LogP contribution is 2.33. The second-order valence-electron chi connectivity index (χ2n) is 4.98. The SMILES string of the molecule is NC1CCC(Nc2ccc(Cl)c(Cl)c2)(C(=O)O)CC1. The Balaban J connectivity index is 2.21. The topological polar surface area (TPSA) is 75.3 Å². The molecular weight excluding hydrogens is 287 g/mol. The zero-order valence-electron chi connectivity index (χ0n) is 10.3. The van der Waals surface area contributed by atoms with E-state index in [-0.39, 0.29) is 6.04 Å². The Morgan fingerprint density at radius 3 is 2.47 bits per heavy atom. The average Bonchev–Trinajstić information content (AvgIpc) is 2.37. The van der Waals surface area contributed by atoms with Crippen molar-refractivity contribution in [3.05, 3.63) is 28.2 Å². The number of anilines is 1. The first-order chi connectivity index (χ1) is 8.93. The Kier molecular flexibility index (Phi) is 4.23. The maximum Gasteiger partial charge on any atom is 0.329 e. The van der Waals surface area contributed by atoms with Gasteiger partial charge in [0.05, 0.1) is 10.0 Å². The van der Waals surface area contributed by atoms with Gasteiger partial charge in [-0.1, -0.05) is 23.2 Å². The van der Waals surface area contributed by atoms with Crippen molar-refractivity contribution in [2.24, 2.45) is 5.73 Å². The molecule has 1 saturated carbocycles. The van der Waals surface area contributed by atoms with Gasteiger partial charge in [-0.05, 0) is 43.9 Å². The lowest BCUT2D eigenvalue weighted by atomic mass is 9.79. The Labute approximate surface area is 121 Å². The van der Waals surface area contributed by atoms with Crippen LogP contribution in [0.4, 0.5) is 5.69 Å². The molecule has 1 aliphatic rings. The standard InChI is InChI=1S/C13H16Cl2N2O2/c14-10-2-1-9(7-11(10)15)17-13(12(18)19)5-3-8(16)4-6-13/h1-2,7-8,17H,3-6,16H2,(H,18,19). The molecule has 1 aromatic carbocycles. The van der Waals surface area contributed by atoms with Crippen LogP contribution in [0, 0.1) is 0 Å². The van der Waals surface area contributed by atoms with E-state index in [2.05, 4.69) is 5.32 Å². The quantitative estimate of drug-likeness (QED) is 0.802.